The standard InChI is InChI=1S/C26H26FN5O3/c1-30(2)13-15-4-6-16(7-5-15)24-19(12-28-31(24)3)17-8-9-18-20(23(17)27)14-32(26(18)35)21-10-11-22(33)29-25(21)34/h4-9,12,21H,10-11,13-14H2,1-3H3,(H,29,33,34). The Bertz CT molecular complexity index is 1350. The van der Waals surface area contributed by atoms with Crippen LogP contribution in [0, 0.1) is 5.82 Å². The minimum Gasteiger partial charge on any atom is -0.322 e. The maximum atomic E-state index is 15.9. The molecule has 2 aliphatic heterocycles. The Labute approximate surface area is 202 Å². The molecule has 3 amide bonds. The molecule has 1 N–H and O–H groups in total. The van der Waals surface area contributed by atoms with Gasteiger partial charge in [0.1, 0.15) is 11.9 Å². The Morgan fingerprint density at radius 3 is 2.46 bits per heavy atom. The molecule has 1 aromatic heterocycles. The largest absolute Gasteiger partial charge is 0.322 e. The van der Waals surface area contributed by atoms with Gasteiger partial charge in [0.25, 0.3) is 5.91 Å². The lowest BCUT2D eigenvalue weighted by atomic mass is 9.97. The van der Waals surface area contributed by atoms with Crippen molar-refractivity contribution in [3.05, 3.63) is 65.1 Å². The van der Waals surface area contributed by atoms with Crippen molar-refractivity contribution >= 4 is 17.7 Å². The lowest BCUT2D eigenvalue weighted by Crippen LogP contribution is -2.52. The summed E-state index contributed by atoms with van der Waals surface area (Å²) in [5, 5.41) is 6.64. The lowest BCUT2D eigenvalue weighted by Gasteiger charge is -2.29. The second-order valence-corrected chi connectivity index (χ2v) is 9.32. The second-order valence-electron chi connectivity index (χ2n) is 9.32. The lowest BCUT2D eigenvalue weighted by molar-refractivity contribution is -0.136. The molecule has 5 rings (SSSR count). The number of aryl methyl sites for hydroxylation is 1. The molecule has 1 atom stereocenters. The van der Waals surface area contributed by atoms with Gasteiger partial charge in [-0.05, 0) is 32.1 Å². The first-order valence-corrected chi connectivity index (χ1v) is 11.5. The van der Waals surface area contributed by atoms with Gasteiger partial charge in [-0.25, -0.2) is 4.39 Å². The fraction of sp³-hybridized carbons (Fsp3) is 0.308. The Hall–Kier alpha value is -3.85. The molecule has 1 unspecified atom stereocenters. The number of carbonyl (C=O) groups is 3. The van der Waals surface area contributed by atoms with Gasteiger partial charge in [-0.15, -0.1) is 0 Å². The van der Waals surface area contributed by atoms with E-state index in [4.69, 9.17) is 0 Å². The van der Waals surface area contributed by atoms with Crippen molar-refractivity contribution in [2.75, 3.05) is 14.1 Å². The first-order valence-electron chi connectivity index (χ1n) is 11.5. The van der Waals surface area contributed by atoms with Crippen molar-refractivity contribution in [3.63, 3.8) is 0 Å². The van der Waals surface area contributed by atoms with Crippen LogP contribution in [0.4, 0.5) is 4.39 Å². The zero-order chi connectivity index (χ0) is 24.9. The quantitative estimate of drug-likeness (QED) is 0.574. The summed E-state index contributed by atoms with van der Waals surface area (Å²) in [5.74, 6) is -1.77. The number of benzene rings is 2. The van der Waals surface area contributed by atoms with Crippen LogP contribution in [0.15, 0.2) is 42.6 Å². The topological polar surface area (TPSA) is 87.5 Å². The smallest absolute Gasteiger partial charge is 0.255 e. The van der Waals surface area contributed by atoms with Gasteiger partial charge in [-0.3, -0.25) is 24.4 Å². The minimum absolute atomic E-state index is 0.0189. The summed E-state index contributed by atoms with van der Waals surface area (Å²) in [4.78, 5) is 40.3. The monoisotopic (exact) mass is 475 g/mol. The van der Waals surface area contributed by atoms with Gasteiger partial charge in [0.2, 0.25) is 11.8 Å². The van der Waals surface area contributed by atoms with E-state index in [2.05, 4.69) is 15.3 Å². The summed E-state index contributed by atoms with van der Waals surface area (Å²) in [7, 11) is 5.83. The molecular weight excluding hydrogens is 449 g/mol. The van der Waals surface area contributed by atoms with E-state index in [9.17, 15) is 14.4 Å². The maximum Gasteiger partial charge on any atom is 0.255 e. The summed E-state index contributed by atoms with van der Waals surface area (Å²) in [6, 6.07) is 10.5. The maximum absolute atomic E-state index is 15.9. The fourth-order valence-corrected chi connectivity index (χ4v) is 4.92. The minimum atomic E-state index is -0.787. The van der Waals surface area contributed by atoms with Gasteiger partial charge >= 0.3 is 0 Å². The molecule has 0 aliphatic carbocycles. The highest BCUT2D eigenvalue weighted by atomic mass is 19.1. The van der Waals surface area contributed by atoms with E-state index in [1.807, 2.05) is 45.4 Å². The summed E-state index contributed by atoms with van der Waals surface area (Å²) >= 11 is 0. The summed E-state index contributed by atoms with van der Waals surface area (Å²) in [5.41, 5.74) is 4.32. The predicted molar refractivity (Wildman–Crippen MR) is 127 cm³/mol. The van der Waals surface area contributed by atoms with E-state index >= 15 is 4.39 Å². The van der Waals surface area contributed by atoms with Crippen molar-refractivity contribution in [3.8, 4) is 22.4 Å². The number of aromatic nitrogens is 2. The molecule has 0 saturated carbocycles. The van der Waals surface area contributed by atoms with Crippen molar-refractivity contribution < 1.29 is 18.8 Å². The Morgan fingerprint density at radius 1 is 1.06 bits per heavy atom. The molecule has 9 heteroatoms. The number of fused-ring (bicyclic) bond motifs is 1. The number of nitrogens with zero attached hydrogens (tertiary/aromatic N) is 4. The van der Waals surface area contributed by atoms with Crippen molar-refractivity contribution in [2.45, 2.75) is 32.0 Å². The van der Waals surface area contributed by atoms with Gasteiger partial charge in [0.15, 0.2) is 0 Å². The van der Waals surface area contributed by atoms with Crippen LogP contribution in [-0.4, -0.2) is 57.4 Å². The number of hydrogen-bond donors (Lipinski definition) is 1. The predicted octanol–water partition coefficient (Wildman–Crippen LogP) is 2.72. The van der Waals surface area contributed by atoms with Crippen LogP contribution in [0.3, 0.4) is 0 Å². The number of imide groups is 1. The molecule has 8 nitrogen and oxygen atoms in total. The first-order chi connectivity index (χ1) is 16.7. The highest BCUT2D eigenvalue weighted by Crippen LogP contribution is 2.38. The molecule has 3 aromatic rings. The van der Waals surface area contributed by atoms with Crippen molar-refractivity contribution in [1.29, 1.82) is 0 Å². The number of amides is 3. The highest BCUT2D eigenvalue weighted by Gasteiger charge is 2.40. The van der Waals surface area contributed by atoms with Gasteiger partial charge in [0, 0.05) is 47.8 Å². The molecule has 2 aliphatic rings. The summed E-state index contributed by atoms with van der Waals surface area (Å²) in [6.45, 7) is 0.796. The van der Waals surface area contributed by atoms with Crippen LogP contribution in [0.5, 0.6) is 0 Å². The SMILES string of the molecule is CN(C)Cc1ccc(-c2c(-c3ccc4c(c3F)CN(C3CCC(=O)NC3=O)C4=O)cnn2C)cc1. The van der Waals surface area contributed by atoms with E-state index in [1.165, 1.54) is 10.5 Å². The van der Waals surface area contributed by atoms with Crippen LogP contribution in [0.2, 0.25) is 0 Å². The first kappa shape index (κ1) is 22.9. The number of nitrogens with one attached hydrogen (secondary N) is 1. The summed E-state index contributed by atoms with van der Waals surface area (Å²) < 4.78 is 17.6. The molecule has 3 heterocycles. The average molecular weight is 476 g/mol. The Balaban J connectivity index is 1.49. The molecule has 180 valence electrons. The van der Waals surface area contributed by atoms with Crippen molar-refractivity contribution in [1.82, 2.24) is 24.9 Å². The molecule has 0 radical (unpaired) electrons. The van der Waals surface area contributed by atoms with Crippen molar-refractivity contribution in [2.24, 2.45) is 7.05 Å². The van der Waals surface area contributed by atoms with Gasteiger partial charge in [0.05, 0.1) is 18.4 Å². The normalized spacial score (nSPS) is 17.8. The van der Waals surface area contributed by atoms with Crippen LogP contribution in [0.25, 0.3) is 22.4 Å². The van der Waals surface area contributed by atoms with Crippen LogP contribution in [-0.2, 0) is 29.7 Å². The van der Waals surface area contributed by atoms with Gasteiger partial charge in [-0.2, -0.15) is 5.10 Å². The molecule has 1 fully saturated rings. The Kier molecular flexibility index (Phi) is 5.72. The van der Waals surface area contributed by atoms with Crippen LogP contribution in [0.1, 0.15) is 34.3 Å². The molecular formula is C26H26FN5O3. The van der Waals surface area contributed by atoms with E-state index in [1.54, 1.807) is 23.0 Å². The number of rotatable bonds is 5. The number of piperidine rings is 1. The molecule has 1 saturated heterocycles. The van der Waals surface area contributed by atoms with Gasteiger partial charge in [-0.1, -0.05) is 30.3 Å². The molecule has 0 spiro atoms. The molecule has 2 aromatic carbocycles. The van der Waals surface area contributed by atoms with Crippen LogP contribution >= 0.6 is 0 Å². The fourth-order valence-electron chi connectivity index (χ4n) is 4.92. The van der Waals surface area contributed by atoms with E-state index in [0.29, 0.717) is 11.1 Å². The van der Waals surface area contributed by atoms with Gasteiger partial charge < -0.3 is 9.80 Å². The number of carbonyl (C=O) groups excluding carboxylic acids is 3. The Morgan fingerprint density at radius 2 is 1.77 bits per heavy atom. The second kappa shape index (κ2) is 8.74. The number of halogens is 1. The highest BCUT2D eigenvalue weighted by molar-refractivity contribution is 6.05. The van der Waals surface area contributed by atoms with E-state index < -0.39 is 23.7 Å². The number of hydrogen-bond acceptors (Lipinski definition) is 5. The van der Waals surface area contributed by atoms with E-state index in [0.717, 1.165) is 17.8 Å². The summed E-state index contributed by atoms with van der Waals surface area (Å²) in [6.07, 6.45) is 2.01. The molecule has 35 heavy (non-hydrogen) atoms. The van der Waals surface area contributed by atoms with E-state index in [-0.39, 0.29) is 36.4 Å². The molecule has 0 bridgehead atoms. The zero-order valence-electron chi connectivity index (χ0n) is 19.8. The third kappa shape index (κ3) is 4.01. The average Bonchev–Trinajstić information content (AvgIpc) is 3.35. The zero-order valence-corrected chi connectivity index (χ0v) is 19.8. The third-order valence-corrected chi connectivity index (χ3v) is 6.60. The van der Waals surface area contributed by atoms with Crippen LogP contribution < -0.4 is 5.32 Å². The third-order valence-electron chi connectivity index (χ3n) is 6.60.